The summed E-state index contributed by atoms with van der Waals surface area (Å²) in [6, 6.07) is 0. The van der Waals surface area contributed by atoms with E-state index >= 15 is 0 Å². The maximum absolute atomic E-state index is 12.3. The molecule has 1 unspecified atom stereocenters. The number of halogens is 3. The van der Waals surface area contributed by atoms with Crippen LogP contribution in [0.2, 0.25) is 0 Å². The number of carbonyl (C=O) groups excluding carboxylic acids is 2. The third kappa shape index (κ3) is 4.33. The highest BCUT2D eigenvalue weighted by molar-refractivity contribution is 5.82. The highest BCUT2D eigenvalue weighted by Crippen LogP contribution is 2.23. The van der Waals surface area contributed by atoms with Crippen LogP contribution in [-0.2, 0) is 14.3 Å². The zero-order chi connectivity index (χ0) is 15.5. The average Bonchev–Trinajstić information content (AvgIpc) is 2.98. The van der Waals surface area contributed by atoms with E-state index in [4.69, 9.17) is 4.74 Å². The van der Waals surface area contributed by atoms with Crippen LogP contribution < -0.4 is 5.32 Å². The standard InChI is InChI=1S/C13H19F3N2O3/c14-13(15,16)12(20)18-5-3-9(4-6-18)8-17-11(19)10-2-1-7-21-10/h9-10H,1-8H2,(H,17,19). The molecule has 21 heavy (non-hydrogen) atoms. The van der Waals surface area contributed by atoms with Gasteiger partial charge < -0.3 is 15.0 Å². The lowest BCUT2D eigenvalue weighted by Crippen LogP contribution is -2.47. The van der Waals surface area contributed by atoms with Crippen LogP contribution in [0.1, 0.15) is 25.7 Å². The third-order valence-corrected chi connectivity index (χ3v) is 3.93. The van der Waals surface area contributed by atoms with Crippen molar-refractivity contribution in [3.63, 3.8) is 0 Å². The molecule has 1 atom stereocenters. The summed E-state index contributed by atoms with van der Waals surface area (Å²) in [5.74, 6) is -1.82. The summed E-state index contributed by atoms with van der Waals surface area (Å²) in [5, 5.41) is 2.78. The van der Waals surface area contributed by atoms with E-state index in [0.717, 1.165) is 11.3 Å². The lowest BCUT2D eigenvalue weighted by Gasteiger charge is -2.32. The van der Waals surface area contributed by atoms with E-state index in [1.807, 2.05) is 0 Å². The molecule has 2 rings (SSSR count). The minimum Gasteiger partial charge on any atom is -0.368 e. The summed E-state index contributed by atoms with van der Waals surface area (Å²) in [5.41, 5.74) is 0. The van der Waals surface area contributed by atoms with Crippen molar-refractivity contribution >= 4 is 11.8 Å². The molecule has 0 bridgehead atoms. The van der Waals surface area contributed by atoms with E-state index in [9.17, 15) is 22.8 Å². The fourth-order valence-electron chi connectivity index (χ4n) is 2.66. The number of nitrogens with zero attached hydrogens (tertiary/aromatic N) is 1. The third-order valence-electron chi connectivity index (χ3n) is 3.93. The highest BCUT2D eigenvalue weighted by atomic mass is 19.4. The lowest BCUT2D eigenvalue weighted by atomic mass is 9.96. The van der Waals surface area contributed by atoms with E-state index in [2.05, 4.69) is 5.32 Å². The lowest BCUT2D eigenvalue weighted by molar-refractivity contribution is -0.186. The molecule has 2 saturated heterocycles. The Kier molecular flexibility index (Phi) is 5.08. The van der Waals surface area contributed by atoms with Crippen molar-refractivity contribution in [1.82, 2.24) is 10.2 Å². The van der Waals surface area contributed by atoms with Gasteiger partial charge in [-0.3, -0.25) is 9.59 Å². The molecule has 8 heteroatoms. The van der Waals surface area contributed by atoms with Crippen LogP contribution in [-0.4, -0.2) is 55.2 Å². The van der Waals surface area contributed by atoms with Crippen molar-refractivity contribution in [2.75, 3.05) is 26.2 Å². The zero-order valence-electron chi connectivity index (χ0n) is 11.6. The van der Waals surface area contributed by atoms with Crippen LogP contribution in [0.5, 0.6) is 0 Å². The molecule has 2 aliphatic rings. The molecule has 2 amide bonds. The Morgan fingerprint density at radius 3 is 2.38 bits per heavy atom. The Morgan fingerprint density at radius 2 is 1.86 bits per heavy atom. The second kappa shape index (κ2) is 6.64. The topological polar surface area (TPSA) is 58.6 Å². The first-order chi connectivity index (χ1) is 9.88. The number of carbonyl (C=O) groups is 2. The van der Waals surface area contributed by atoms with E-state index < -0.39 is 18.2 Å². The average molecular weight is 308 g/mol. The van der Waals surface area contributed by atoms with Crippen LogP contribution in [0.4, 0.5) is 13.2 Å². The number of amides is 2. The first-order valence-corrected chi connectivity index (χ1v) is 7.13. The van der Waals surface area contributed by atoms with Crippen molar-refractivity contribution in [2.45, 2.75) is 38.0 Å². The van der Waals surface area contributed by atoms with Gasteiger partial charge in [0.25, 0.3) is 0 Å². The van der Waals surface area contributed by atoms with Crippen LogP contribution in [0, 0.1) is 5.92 Å². The molecular weight excluding hydrogens is 289 g/mol. The fraction of sp³-hybridized carbons (Fsp3) is 0.846. The smallest absolute Gasteiger partial charge is 0.368 e. The number of nitrogens with one attached hydrogen (secondary N) is 1. The maximum Gasteiger partial charge on any atom is 0.471 e. The zero-order valence-corrected chi connectivity index (χ0v) is 11.6. The van der Waals surface area contributed by atoms with Gasteiger partial charge in [-0.1, -0.05) is 0 Å². The fourth-order valence-corrected chi connectivity index (χ4v) is 2.66. The normalized spacial score (nSPS) is 24.1. The van der Waals surface area contributed by atoms with E-state index in [1.165, 1.54) is 0 Å². The number of rotatable bonds is 3. The molecule has 120 valence electrons. The second-order valence-corrected chi connectivity index (χ2v) is 5.48. The summed E-state index contributed by atoms with van der Waals surface area (Å²) in [6.07, 6.45) is -2.68. The second-order valence-electron chi connectivity index (χ2n) is 5.48. The van der Waals surface area contributed by atoms with Gasteiger partial charge in [0, 0.05) is 26.2 Å². The first-order valence-electron chi connectivity index (χ1n) is 7.13. The van der Waals surface area contributed by atoms with Gasteiger partial charge in [0.05, 0.1) is 0 Å². The van der Waals surface area contributed by atoms with Gasteiger partial charge in [-0.25, -0.2) is 0 Å². The van der Waals surface area contributed by atoms with Crippen molar-refractivity contribution in [2.24, 2.45) is 5.92 Å². The Morgan fingerprint density at radius 1 is 1.19 bits per heavy atom. The molecule has 5 nitrogen and oxygen atoms in total. The SMILES string of the molecule is O=C(NCC1CCN(C(=O)C(F)(F)F)CC1)C1CCCO1. The summed E-state index contributed by atoms with van der Waals surface area (Å²) in [7, 11) is 0. The highest BCUT2D eigenvalue weighted by Gasteiger charge is 2.43. The van der Waals surface area contributed by atoms with E-state index in [1.54, 1.807) is 0 Å². The summed E-state index contributed by atoms with van der Waals surface area (Å²) in [6.45, 7) is 1.18. The largest absolute Gasteiger partial charge is 0.471 e. The van der Waals surface area contributed by atoms with Crippen molar-refractivity contribution in [1.29, 1.82) is 0 Å². The van der Waals surface area contributed by atoms with Crippen molar-refractivity contribution < 1.29 is 27.5 Å². The van der Waals surface area contributed by atoms with Gasteiger partial charge in [0.1, 0.15) is 6.10 Å². The van der Waals surface area contributed by atoms with Crippen LogP contribution in [0.25, 0.3) is 0 Å². The Labute approximate surface area is 120 Å². The maximum atomic E-state index is 12.3. The molecule has 0 aromatic carbocycles. The van der Waals surface area contributed by atoms with Gasteiger partial charge in [0.15, 0.2) is 0 Å². The molecular formula is C13H19F3N2O3. The van der Waals surface area contributed by atoms with Crippen LogP contribution >= 0.6 is 0 Å². The quantitative estimate of drug-likeness (QED) is 0.849. The predicted octanol–water partition coefficient (Wildman–Crippen LogP) is 1.08. The summed E-state index contributed by atoms with van der Waals surface area (Å²) in [4.78, 5) is 23.7. The first kappa shape index (κ1) is 16.1. The Hall–Kier alpha value is -1.31. The molecule has 2 heterocycles. The summed E-state index contributed by atoms with van der Waals surface area (Å²) < 4.78 is 42.1. The molecule has 2 aliphatic heterocycles. The number of hydrogen-bond acceptors (Lipinski definition) is 3. The number of piperidine rings is 1. The van der Waals surface area contributed by atoms with Crippen LogP contribution in [0.15, 0.2) is 0 Å². The molecule has 0 spiro atoms. The van der Waals surface area contributed by atoms with Crippen molar-refractivity contribution in [3.05, 3.63) is 0 Å². The molecule has 0 saturated carbocycles. The Bertz CT molecular complexity index is 387. The monoisotopic (exact) mass is 308 g/mol. The van der Waals surface area contributed by atoms with Gasteiger partial charge in [-0.15, -0.1) is 0 Å². The number of alkyl halides is 3. The van der Waals surface area contributed by atoms with Crippen molar-refractivity contribution in [3.8, 4) is 0 Å². The number of hydrogen-bond donors (Lipinski definition) is 1. The van der Waals surface area contributed by atoms with Gasteiger partial charge in [-0.05, 0) is 31.6 Å². The molecule has 0 radical (unpaired) electrons. The van der Waals surface area contributed by atoms with Crippen LogP contribution in [0.3, 0.4) is 0 Å². The molecule has 0 aromatic heterocycles. The minimum atomic E-state index is -4.80. The van der Waals surface area contributed by atoms with Gasteiger partial charge in [-0.2, -0.15) is 13.2 Å². The molecule has 2 fully saturated rings. The van der Waals surface area contributed by atoms with Gasteiger partial charge in [0.2, 0.25) is 5.91 Å². The number of likely N-dealkylation sites (tertiary alicyclic amines) is 1. The minimum absolute atomic E-state index is 0.0822. The van der Waals surface area contributed by atoms with E-state index in [-0.39, 0.29) is 24.9 Å². The molecule has 0 aliphatic carbocycles. The van der Waals surface area contributed by atoms with Gasteiger partial charge >= 0.3 is 12.1 Å². The van der Waals surface area contributed by atoms with E-state index in [0.29, 0.717) is 32.4 Å². The number of ether oxygens (including phenoxy) is 1. The summed E-state index contributed by atoms with van der Waals surface area (Å²) >= 11 is 0. The predicted molar refractivity (Wildman–Crippen MR) is 67.3 cm³/mol. The molecule has 0 aromatic rings. The molecule has 1 N–H and O–H groups in total. The Balaban J connectivity index is 1.69.